The van der Waals surface area contributed by atoms with E-state index in [0.717, 1.165) is 60.7 Å². The Morgan fingerprint density at radius 3 is 2.25 bits per heavy atom. The number of halogens is 1. The average Bonchev–Trinajstić information content (AvgIpc) is 2.69. The van der Waals surface area contributed by atoms with Gasteiger partial charge in [0.25, 0.3) is 0 Å². The number of benzene rings is 1. The zero-order valence-electron chi connectivity index (χ0n) is 16.8. The number of rotatable bonds is 5. The highest BCUT2D eigenvalue weighted by molar-refractivity contribution is 6.31. The summed E-state index contributed by atoms with van der Waals surface area (Å²) in [6, 6.07) is 8.37. The van der Waals surface area contributed by atoms with E-state index in [0.29, 0.717) is 12.5 Å². The predicted molar refractivity (Wildman–Crippen MR) is 113 cm³/mol. The van der Waals surface area contributed by atoms with E-state index in [1.54, 1.807) is 0 Å². The Hall–Kier alpha value is -1.06. The lowest BCUT2D eigenvalue weighted by Gasteiger charge is -2.55. The normalized spacial score (nSPS) is 35.7. The standard InChI is InChI=1S/C24H33ClN2O/c25-21-7-3-2-6-20(21)22(27-8-4-1-5-9-27)16-26-23(28)24-13-17-10-18(14-24)12-19(11-17)15-24/h2-3,6-7,17-19,22H,1,4-5,8-16H2,(H,26,28)/t17?,18?,19?,22-,24?/m1/s1. The molecule has 1 heterocycles. The van der Waals surface area contributed by atoms with Crippen LogP contribution in [0.4, 0.5) is 0 Å². The lowest BCUT2D eigenvalue weighted by Crippen LogP contribution is -2.54. The summed E-state index contributed by atoms with van der Waals surface area (Å²) in [5.74, 6) is 2.75. The van der Waals surface area contributed by atoms with Crippen molar-refractivity contribution in [3.8, 4) is 0 Å². The SMILES string of the molecule is O=C(NC[C@H](c1ccccc1Cl)N1CCCCC1)C12CC3CC(CC(C3)C1)C2. The van der Waals surface area contributed by atoms with Crippen molar-refractivity contribution < 1.29 is 4.79 Å². The molecule has 5 aliphatic rings. The molecule has 4 bridgehead atoms. The minimum atomic E-state index is -0.0678. The number of piperidine rings is 1. The summed E-state index contributed by atoms with van der Waals surface area (Å²) in [7, 11) is 0. The van der Waals surface area contributed by atoms with Crippen LogP contribution in [0.2, 0.25) is 5.02 Å². The zero-order valence-corrected chi connectivity index (χ0v) is 17.6. The summed E-state index contributed by atoms with van der Waals surface area (Å²) < 4.78 is 0. The maximum Gasteiger partial charge on any atom is 0.226 e. The molecule has 1 atom stereocenters. The van der Waals surface area contributed by atoms with Crippen LogP contribution in [0.5, 0.6) is 0 Å². The van der Waals surface area contributed by atoms with Gasteiger partial charge in [-0.1, -0.05) is 36.2 Å². The number of nitrogens with zero attached hydrogens (tertiary/aromatic N) is 1. The number of nitrogens with one attached hydrogen (secondary N) is 1. The lowest BCUT2D eigenvalue weighted by atomic mass is 9.49. The van der Waals surface area contributed by atoms with Gasteiger partial charge in [-0.2, -0.15) is 0 Å². The summed E-state index contributed by atoms with van der Waals surface area (Å²) in [5, 5.41) is 4.24. The molecule has 5 fully saturated rings. The van der Waals surface area contributed by atoms with Gasteiger partial charge >= 0.3 is 0 Å². The third kappa shape index (κ3) is 3.50. The van der Waals surface area contributed by atoms with E-state index in [4.69, 9.17) is 11.6 Å². The van der Waals surface area contributed by atoms with Gasteiger partial charge in [0.05, 0.1) is 6.04 Å². The average molecular weight is 401 g/mol. The molecule has 3 nitrogen and oxygen atoms in total. The van der Waals surface area contributed by atoms with Crippen molar-refractivity contribution >= 4 is 17.5 Å². The van der Waals surface area contributed by atoms with Gasteiger partial charge in [0, 0.05) is 17.0 Å². The molecular weight excluding hydrogens is 368 g/mol. The van der Waals surface area contributed by atoms with Crippen molar-refractivity contribution in [2.75, 3.05) is 19.6 Å². The number of carbonyl (C=O) groups is 1. The molecule has 0 aromatic heterocycles. The molecular formula is C24H33ClN2O. The van der Waals surface area contributed by atoms with Crippen LogP contribution in [-0.4, -0.2) is 30.4 Å². The van der Waals surface area contributed by atoms with Crippen molar-refractivity contribution in [2.45, 2.75) is 63.8 Å². The first kappa shape index (κ1) is 18.9. The van der Waals surface area contributed by atoms with Gasteiger partial charge < -0.3 is 5.32 Å². The van der Waals surface area contributed by atoms with Crippen LogP contribution in [0, 0.1) is 23.2 Å². The van der Waals surface area contributed by atoms with Crippen LogP contribution in [0.15, 0.2) is 24.3 Å². The van der Waals surface area contributed by atoms with Crippen molar-refractivity contribution in [1.29, 1.82) is 0 Å². The molecule has 28 heavy (non-hydrogen) atoms. The summed E-state index contributed by atoms with van der Waals surface area (Å²) in [6.45, 7) is 2.89. The Morgan fingerprint density at radius 2 is 1.64 bits per heavy atom. The first-order chi connectivity index (χ1) is 13.6. The van der Waals surface area contributed by atoms with E-state index in [1.165, 1.54) is 38.5 Å². The largest absolute Gasteiger partial charge is 0.354 e. The van der Waals surface area contributed by atoms with E-state index >= 15 is 0 Å². The maximum absolute atomic E-state index is 13.4. The molecule has 6 rings (SSSR count). The van der Waals surface area contributed by atoms with Gasteiger partial charge in [0.15, 0.2) is 0 Å². The van der Waals surface area contributed by atoms with Crippen molar-refractivity contribution in [1.82, 2.24) is 10.2 Å². The second-order valence-electron chi connectivity index (χ2n) is 10.0. The molecule has 1 amide bonds. The topological polar surface area (TPSA) is 32.3 Å². The first-order valence-corrected chi connectivity index (χ1v) is 11.8. The van der Waals surface area contributed by atoms with Crippen LogP contribution in [0.1, 0.15) is 69.4 Å². The minimum Gasteiger partial charge on any atom is -0.354 e. The Morgan fingerprint density at radius 1 is 1.04 bits per heavy atom. The van der Waals surface area contributed by atoms with Gasteiger partial charge in [-0.05, 0) is 93.8 Å². The fraction of sp³-hybridized carbons (Fsp3) is 0.708. The molecule has 1 aromatic carbocycles. The van der Waals surface area contributed by atoms with Gasteiger partial charge in [0.2, 0.25) is 5.91 Å². The molecule has 152 valence electrons. The van der Waals surface area contributed by atoms with Gasteiger partial charge in [-0.25, -0.2) is 0 Å². The smallest absolute Gasteiger partial charge is 0.226 e. The number of hydrogen-bond donors (Lipinski definition) is 1. The van der Waals surface area contributed by atoms with Crippen LogP contribution < -0.4 is 5.32 Å². The minimum absolute atomic E-state index is 0.0678. The molecule has 0 spiro atoms. The highest BCUT2D eigenvalue weighted by atomic mass is 35.5. The van der Waals surface area contributed by atoms with Crippen molar-refractivity contribution in [3.63, 3.8) is 0 Å². The van der Waals surface area contributed by atoms with Crippen LogP contribution in [-0.2, 0) is 4.79 Å². The highest BCUT2D eigenvalue weighted by Crippen LogP contribution is 2.60. The zero-order chi connectivity index (χ0) is 19.1. The quantitative estimate of drug-likeness (QED) is 0.736. The Kier molecular flexibility index (Phi) is 5.17. The Balaban J connectivity index is 1.32. The van der Waals surface area contributed by atoms with E-state index in [9.17, 15) is 4.79 Å². The number of carbonyl (C=O) groups excluding carboxylic acids is 1. The molecule has 1 N–H and O–H groups in total. The summed E-state index contributed by atoms with van der Waals surface area (Å²) in [4.78, 5) is 16.0. The second kappa shape index (κ2) is 7.65. The third-order valence-corrected chi connectivity index (χ3v) is 8.42. The van der Waals surface area contributed by atoms with Gasteiger partial charge in [-0.3, -0.25) is 9.69 Å². The Labute approximate surface area is 174 Å². The third-order valence-electron chi connectivity index (χ3n) is 8.07. The predicted octanol–water partition coefficient (Wildman–Crippen LogP) is 5.20. The Bertz CT molecular complexity index is 692. The van der Waals surface area contributed by atoms with Gasteiger partial charge in [-0.15, -0.1) is 0 Å². The molecule has 4 heteroatoms. The number of likely N-dealkylation sites (tertiary alicyclic amines) is 1. The summed E-state index contributed by atoms with van der Waals surface area (Å²) in [5.41, 5.74) is 1.10. The van der Waals surface area contributed by atoms with E-state index in [-0.39, 0.29) is 11.5 Å². The molecule has 4 aliphatic carbocycles. The van der Waals surface area contributed by atoms with E-state index < -0.39 is 0 Å². The first-order valence-electron chi connectivity index (χ1n) is 11.4. The molecule has 1 aliphatic heterocycles. The molecule has 0 unspecified atom stereocenters. The van der Waals surface area contributed by atoms with Crippen molar-refractivity contribution in [2.24, 2.45) is 23.2 Å². The number of hydrogen-bond acceptors (Lipinski definition) is 2. The second-order valence-corrected chi connectivity index (χ2v) is 10.4. The molecule has 0 radical (unpaired) electrons. The lowest BCUT2D eigenvalue weighted by molar-refractivity contribution is -0.146. The molecule has 1 saturated heterocycles. The van der Waals surface area contributed by atoms with E-state index in [2.05, 4.69) is 22.3 Å². The molecule has 1 aromatic rings. The van der Waals surface area contributed by atoms with Crippen LogP contribution in [0.25, 0.3) is 0 Å². The van der Waals surface area contributed by atoms with Crippen LogP contribution in [0.3, 0.4) is 0 Å². The van der Waals surface area contributed by atoms with Gasteiger partial charge in [0.1, 0.15) is 0 Å². The fourth-order valence-electron chi connectivity index (χ4n) is 7.18. The van der Waals surface area contributed by atoms with Crippen molar-refractivity contribution in [3.05, 3.63) is 34.9 Å². The molecule has 4 saturated carbocycles. The summed E-state index contributed by atoms with van der Waals surface area (Å²) >= 11 is 6.57. The monoisotopic (exact) mass is 400 g/mol. The number of amides is 1. The van der Waals surface area contributed by atoms with Crippen LogP contribution >= 0.6 is 11.6 Å². The highest BCUT2D eigenvalue weighted by Gasteiger charge is 2.54. The van der Waals surface area contributed by atoms with E-state index in [1.807, 2.05) is 12.1 Å². The fourth-order valence-corrected chi connectivity index (χ4v) is 7.44. The maximum atomic E-state index is 13.4. The summed E-state index contributed by atoms with van der Waals surface area (Å²) in [6.07, 6.45) is 11.3.